The number of nitrogens with one attached hydrogen (secondary N) is 2. The molecule has 0 aromatic heterocycles. The molecule has 0 fully saturated rings. The van der Waals surface area contributed by atoms with Crippen LogP contribution in [0.4, 0.5) is 5.69 Å². The van der Waals surface area contributed by atoms with Gasteiger partial charge in [-0.15, -0.1) is 0 Å². The number of para-hydroxylation sites is 3. The SMILES string of the molecule is CC(C)NC(=O)[C@H](C)Oc1ccc(S(=O)(=O)Nc2ccccc2Oc2ccccc2)cc1. The summed E-state index contributed by atoms with van der Waals surface area (Å²) in [6, 6.07) is 21.8. The zero-order valence-corrected chi connectivity index (χ0v) is 18.9. The van der Waals surface area contributed by atoms with Crippen molar-refractivity contribution in [2.75, 3.05) is 4.72 Å². The molecule has 0 aliphatic rings. The minimum atomic E-state index is -3.87. The Balaban J connectivity index is 1.72. The fourth-order valence-corrected chi connectivity index (χ4v) is 3.89. The lowest BCUT2D eigenvalue weighted by Crippen LogP contribution is -2.40. The monoisotopic (exact) mass is 454 g/mol. The van der Waals surface area contributed by atoms with Crippen LogP contribution < -0.4 is 19.5 Å². The summed E-state index contributed by atoms with van der Waals surface area (Å²) < 4.78 is 39.8. The average Bonchev–Trinajstić information content (AvgIpc) is 2.75. The van der Waals surface area contributed by atoms with E-state index in [1.807, 2.05) is 32.0 Å². The Labute approximate surface area is 188 Å². The van der Waals surface area contributed by atoms with Crippen LogP contribution in [0.1, 0.15) is 20.8 Å². The number of carbonyl (C=O) groups is 1. The fraction of sp³-hybridized carbons (Fsp3) is 0.208. The number of amides is 1. The third kappa shape index (κ3) is 6.24. The molecule has 2 N–H and O–H groups in total. The van der Waals surface area contributed by atoms with Crippen molar-refractivity contribution in [3.05, 3.63) is 78.9 Å². The second-order valence-corrected chi connectivity index (χ2v) is 9.09. The molecule has 0 aliphatic carbocycles. The predicted molar refractivity (Wildman–Crippen MR) is 124 cm³/mol. The van der Waals surface area contributed by atoms with Crippen molar-refractivity contribution in [2.24, 2.45) is 0 Å². The van der Waals surface area contributed by atoms with Crippen LogP contribution in [0.25, 0.3) is 0 Å². The van der Waals surface area contributed by atoms with Gasteiger partial charge in [-0.05, 0) is 69.3 Å². The second-order valence-electron chi connectivity index (χ2n) is 7.41. The lowest BCUT2D eigenvalue weighted by molar-refractivity contribution is -0.127. The third-order valence-corrected chi connectivity index (χ3v) is 5.73. The summed E-state index contributed by atoms with van der Waals surface area (Å²) in [5, 5.41) is 2.77. The molecule has 168 valence electrons. The summed E-state index contributed by atoms with van der Waals surface area (Å²) in [7, 11) is -3.87. The maximum Gasteiger partial charge on any atom is 0.262 e. The van der Waals surface area contributed by atoms with Gasteiger partial charge in [0.2, 0.25) is 0 Å². The Bertz CT molecular complexity index is 1150. The minimum absolute atomic E-state index is 0.000825. The molecule has 1 amide bonds. The number of anilines is 1. The van der Waals surface area contributed by atoms with E-state index in [0.29, 0.717) is 22.9 Å². The van der Waals surface area contributed by atoms with Gasteiger partial charge < -0.3 is 14.8 Å². The van der Waals surface area contributed by atoms with Crippen molar-refractivity contribution in [3.8, 4) is 17.2 Å². The lowest BCUT2D eigenvalue weighted by atomic mass is 10.3. The van der Waals surface area contributed by atoms with E-state index >= 15 is 0 Å². The molecule has 3 aromatic carbocycles. The molecular formula is C24H26N2O5S. The van der Waals surface area contributed by atoms with Crippen LogP contribution in [0.5, 0.6) is 17.2 Å². The summed E-state index contributed by atoms with van der Waals surface area (Å²) in [5.74, 6) is 1.13. The Morgan fingerprint density at radius 3 is 2.09 bits per heavy atom. The van der Waals surface area contributed by atoms with Crippen molar-refractivity contribution in [1.29, 1.82) is 0 Å². The van der Waals surface area contributed by atoms with E-state index in [0.717, 1.165) is 0 Å². The van der Waals surface area contributed by atoms with Gasteiger partial charge in [-0.25, -0.2) is 8.42 Å². The van der Waals surface area contributed by atoms with Crippen molar-refractivity contribution in [3.63, 3.8) is 0 Å². The van der Waals surface area contributed by atoms with Crippen LogP contribution >= 0.6 is 0 Å². The molecule has 0 heterocycles. The standard InChI is InChI=1S/C24H26N2O5S/c1-17(2)25-24(27)18(3)30-20-13-15-21(16-14-20)32(28,29)26-22-11-7-8-12-23(22)31-19-9-5-4-6-10-19/h4-18,26H,1-3H3,(H,25,27)/t18-/m0/s1. The molecule has 0 bridgehead atoms. The molecule has 0 radical (unpaired) electrons. The first-order valence-electron chi connectivity index (χ1n) is 10.2. The third-order valence-electron chi connectivity index (χ3n) is 4.35. The smallest absolute Gasteiger partial charge is 0.262 e. The summed E-state index contributed by atoms with van der Waals surface area (Å²) in [4.78, 5) is 12.1. The Hall–Kier alpha value is -3.52. The van der Waals surface area contributed by atoms with Gasteiger partial charge in [-0.2, -0.15) is 0 Å². The van der Waals surface area contributed by atoms with Gasteiger partial charge in [0, 0.05) is 6.04 Å². The quantitative estimate of drug-likeness (QED) is 0.494. The van der Waals surface area contributed by atoms with Gasteiger partial charge in [-0.3, -0.25) is 9.52 Å². The highest BCUT2D eigenvalue weighted by Gasteiger charge is 2.19. The number of carbonyl (C=O) groups excluding carboxylic acids is 1. The number of ether oxygens (including phenoxy) is 2. The summed E-state index contributed by atoms with van der Waals surface area (Å²) in [6.07, 6.45) is -0.708. The molecular weight excluding hydrogens is 428 g/mol. The predicted octanol–water partition coefficient (Wildman–Crippen LogP) is 4.57. The Kier molecular flexibility index (Phi) is 7.37. The maximum atomic E-state index is 12.9. The molecule has 0 spiro atoms. The summed E-state index contributed by atoms with van der Waals surface area (Å²) in [5.41, 5.74) is 0.315. The van der Waals surface area contributed by atoms with Gasteiger partial charge in [0.25, 0.3) is 15.9 Å². The number of hydrogen-bond acceptors (Lipinski definition) is 5. The fourth-order valence-electron chi connectivity index (χ4n) is 2.82. The maximum absolute atomic E-state index is 12.9. The van der Waals surface area contributed by atoms with E-state index in [2.05, 4.69) is 10.0 Å². The number of hydrogen-bond donors (Lipinski definition) is 2. The van der Waals surface area contributed by atoms with E-state index in [1.54, 1.807) is 43.3 Å². The van der Waals surface area contributed by atoms with Crippen molar-refractivity contribution >= 4 is 21.6 Å². The first-order chi connectivity index (χ1) is 15.2. The molecule has 8 heteroatoms. The normalized spacial score (nSPS) is 12.1. The van der Waals surface area contributed by atoms with E-state index in [1.165, 1.54) is 24.3 Å². The highest BCUT2D eigenvalue weighted by molar-refractivity contribution is 7.92. The van der Waals surface area contributed by atoms with Crippen molar-refractivity contribution < 1.29 is 22.7 Å². The number of benzene rings is 3. The topological polar surface area (TPSA) is 93.7 Å². The Morgan fingerprint density at radius 2 is 1.44 bits per heavy atom. The van der Waals surface area contributed by atoms with E-state index in [9.17, 15) is 13.2 Å². The van der Waals surface area contributed by atoms with Crippen LogP contribution in [0.15, 0.2) is 83.8 Å². The van der Waals surface area contributed by atoms with E-state index in [-0.39, 0.29) is 16.8 Å². The zero-order valence-electron chi connectivity index (χ0n) is 18.1. The van der Waals surface area contributed by atoms with Crippen LogP contribution in [-0.2, 0) is 14.8 Å². The highest BCUT2D eigenvalue weighted by Crippen LogP contribution is 2.31. The van der Waals surface area contributed by atoms with E-state index < -0.39 is 16.1 Å². The molecule has 0 unspecified atom stereocenters. The highest BCUT2D eigenvalue weighted by atomic mass is 32.2. The molecule has 0 saturated heterocycles. The van der Waals surface area contributed by atoms with Crippen LogP contribution in [0.2, 0.25) is 0 Å². The molecule has 0 saturated carbocycles. The van der Waals surface area contributed by atoms with Gasteiger partial charge >= 0.3 is 0 Å². The molecule has 32 heavy (non-hydrogen) atoms. The number of rotatable bonds is 9. The molecule has 7 nitrogen and oxygen atoms in total. The van der Waals surface area contributed by atoms with Crippen LogP contribution in [0, 0.1) is 0 Å². The van der Waals surface area contributed by atoms with Gasteiger partial charge in [0.1, 0.15) is 11.5 Å². The van der Waals surface area contributed by atoms with Gasteiger partial charge in [-0.1, -0.05) is 30.3 Å². The molecule has 3 aromatic rings. The molecule has 3 rings (SSSR count). The van der Waals surface area contributed by atoms with Crippen LogP contribution in [-0.4, -0.2) is 26.5 Å². The minimum Gasteiger partial charge on any atom is -0.481 e. The van der Waals surface area contributed by atoms with Crippen LogP contribution in [0.3, 0.4) is 0 Å². The first kappa shape index (κ1) is 23.1. The lowest BCUT2D eigenvalue weighted by Gasteiger charge is -2.17. The summed E-state index contributed by atoms with van der Waals surface area (Å²) in [6.45, 7) is 5.36. The van der Waals surface area contributed by atoms with Crippen molar-refractivity contribution in [1.82, 2.24) is 5.32 Å². The molecule has 0 aliphatic heterocycles. The zero-order chi connectivity index (χ0) is 23.1. The van der Waals surface area contributed by atoms with Crippen molar-refractivity contribution in [2.45, 2.75) is 37.8 Å². The second kappa shape index (κ2) is 10.2. The first-order valence-corrected chi connectivity index (χ1v) is 11.6. The Morgan fingerprint density at radius 1 is 0.812 bits per heavy atom. The van der Waals surface area contributed by atoms with Gasteiger partial charge in [0.05, 0.1) is 10.6 Å². The number of sulfonamides is 1. The molecule has 1 atom stereocenters. The largest absolute Gasteiger partial charge is 0.481 e. The van der Waals surface area contributed by atoms with Gasteiger partial charge in [0.15, 0.2) is 11.9 Å². The van der Waals surface area contributed by atoms with E-state index in [4.69, 9.17) is 9.47 Å². The average molecular weight is 455 g/mol. The summed E-state index contributed by atoms with van der Waals surface area (Å²) >= 11 is 0.